The molecule has 3 rings (SSSR count). The summed E-state index contributed by atoms with van der Waals surface area (Å²) in [5.41, 5.74) is 3.21. The summed E-state index contributed by atoms with van der Waals surface area (Å²) >= 11 is 0. The van der Waals surface area contributed by atoms with Crippen LogP contribution in [0.4, 0.5) is 5.69 Å². The van der Waals surface area contributed by atoms with Crippen LogP contribution in [0.3, 0.4) is 0 Å². The first-order valence-electron chi connectivity index (χ1n) is 8.35. The highest BCUT2D eigenvalue weighted by Crippen LogP contribution is 2.23. The van der Waals surface area contributed by atoms with Crippen LogP contribution in [0.2, 0.25) is 0 Å². The molecule has 0 spiro atoms. The molecule has 0 saturated carbocycles. The number of nitrogens with zero attached hydrogens (tertiary/aromatic N) is 2. The molecule has 1 fully saturated rings. The molecule has 1 aliphatic rings. The molecule has 1 aromatic heterocycles. The predicted octanol–water partition coefficient (Wildman–Crippen LogP) is 3.21. The summed E-state index contributed by atoms with van der Waals surface area (Å²) in [5, 5.41) is 9.92. The van der Waals surface area contributed by atoms with Gasteiger partial charge in [-0.15, -0.1) is 0 Å². The Morgan fingerprint density at radius 1 is 1.42 bits per heavy atom. The number of nitrogens with one attached hydrogen (secondary N) is 2. The lowest BCUT2D eigenvalue weighted by molar-refractivity contribution is -0.126. The van der Waals surface area contributed by atoms with Gasteiger partial charge in [-0.05, 0) is 30.2 Å². The van der Waals surface area contributed by atoms with Crippen molar-refractivity contribution in [2.24, 2.45) is 0 Å². The first-order valence-corrected chi connectivity index (χ1v) is 8.35. The van der Waals surface area contributed by atoms with Crippen molar-refractivity contribution >= 4 is 17.2 Å². The second-order valence-corrected chi connectivity index (χ2v) is 6.04. The maximum Gasteiger partial charge on any atom is 0.249 e. The number of carbonyl (C=O) groups is 1. The molecule has 2 aromatic rings. The zero-order chi connectivity index (χ0) is 18.5. The Balaban J connectivity index is 1.61. The van der Waals surface area contributed by atoms with E-state index < -0.39 is 0 Å². The number of hydrogen-bond donors (Lipinski definition) is 2. The summed E-state index contributed by atoms with van der Waals surface area (Å²) in [6.07, 6.45) is 7.82. The van der Waals surface area contributed by atoms with E-state index in [1.54, 1.807) is 30.5 Å². The van der Waals surface area contributed by atoms with Gasteiger partial charge in [0.2, 0.25) is 5.91 Å². The Morgan fingerprint density at radius 3 is 3.00 bits per heavy atom. The molecule has 1 aliphatic heterocycles. The second kappa shape index (κ2) is 7.74. The highest BCUT2D eigenvalue weighted by atomic mass is 16.5. The summed E-state index contributed by atoms with van der Waals surface area (Å²) < 4.78 is 5.22. The third-order valence-electron chi connectivity index (χ3n) is 4.31. The molecule has 26 heavy (non-hydrogen) atoms. The van der Waals surface area contributed by atoms with E-state index in [4.69, 9.17) is 4.74 Å². The Bertz CT molecular complexity index is 839. The number of allylic oxidation sites excluding steroid dienone is 3. The molecule has 0 radical (unpaired) electrons. The van der Waals surface area contributed by atoms with Gasteiger partial charge in [0.15, 0.2) is 0 Å². The van der Waals surface area contributed by atoms with Crippen LogP contribution in [0.5, 0.6) is 5.75 Å². The van der Waals surface area contributed by atoms with Gasteiger partial charge in [-0.3, -0.25) is 9.89 Å². The predicted molar refractivity (Wildman–Crippen MR) is 103 cm³/mol. The molecular formula is C20H22N4O2. The third kappa shape index (κ3) is 3.85. The van der Waals surface area contributed by atoms with Gasteiger partial charge in [0, 0.05) is 35.8 Å². The lowest BCUT2D eigenvalue weighted by Crippen LogP contribution is -2.32. The maximum absolute atomic E-state index is 12.7. The molecule has 1 unspecified atom stereocenters. The number of aromatic amines is 1. The van der Waals surface area contributed by atoms with Crippen LogP contribution in [0.25, 0.3) is 5.57 Å². The first kappa shape index (κ1) is 17.5. The van der Waals surface area contributed by atoms with E-state index in [0.717, 1.165) is 22.6 Å². The molecular weight excluding hydrogens is 328 g/mol. The van der Waals surface area contributed by atoms with E-state index >= 15 is 0 Å². The van der Waals surface area contributed by atoms with E-state index in [-0.39, 0.29) is 11.9 Å². The fourth-order valence-corrected chi connectivity index (χ4v) is 2.82. The van der Waals surface area contributed by atoms with Crippen LogP contribution >= 0.6 is 0 Å². The van der Waals surface area contributed by atoms with Crippen LogP contribution in [0.15, 0.2) is 67.7 Å². The summed E-state index contributed by atoms with van der Waals surface area (Å²) in [5.74, 6) is 0.763. The number of ether oxygens (including phenoxy) is 1. The lowest BCUT2D eigenvalue weighted by atomic mass is 10.1. The van der Waals surface area contributed by atoms with E-state index in [9.17, 15) is 4.79 Å². The zero-order valence-corrected chi connectivity index (χ0v) is 14.7. The Labute approximate surface area is 152 Å². The Morgan fingerprint density at radius 2 is 2.27 bits per heavy atom. The molecule has 2 N–H and O–H groups in total. The van der Waals surface area contributed by atoms with E-state index in [1.165, 1.54) is 0 Å². The van der Waals surface area contributed by atoms with Crippen LogP contribution in [-0.2, 0) is 4.79 Å². The van der Waals surface area contributed by atoms with Crippen molar-refractivity contribution in [3.8, 4) is 5.75 Å². The quantitative estimate of drug-likeness (QED) is 0.752. The van der Waals surface area contributed by atoms with Crippen molar-refractivity contribution < 1.29 is 9.53 Å². The number of carbonyl (C=O) groups excluding carboxylic acids is 1. The third-order valence-corrected chi connectivity index (χ3v) is 4.31. The van der Waals surface area contributed by atoms with Gasteiger partial charge in [0.05, 0.1) is 13.3 Å². The molecule has 6 heteroatoms. The Hall–Kier alpha value is -3.28. The molecule has 2 heterocycles. The van der Waals surface area contributed by atoms with Gasteiger partial charge in [-0.25, -0.2) is 0 Å². The number of rotatable bonds is 7. The highest BCUT2D eigenvalue weighted by molar-refractivity contribution is 5.88. The van der Waals surface area contributed by atoms with Gasteiger partial charge >= 0.3 is 0 Å². The number of hydrogen-bond acceptors (Lipinski definition) is 4. The van der Waals surface area contributed by atoms with Crippen molar-refractivity contribution in [1.82, 2.24) is 15.1 Å². The highest BCUT2D eigenvalue weighted by Gasteiger charge is 2.32. The molecule has 1 amide bonds. The maximum atomic E-state index is 12.7. The molecule has 6 nitrogen and oxygen atoms in total. The largest absolute Gasteiger partial charge is 0.497 e. The van der Waals surface area contributed by atoms with Crippen molar-refractivity contribution in [1.29, 1.82) is 0 Å². The Kier molecular flexibility index (Phi) is 5.22. The van der Waals surface area contributed by atoms with Crippen LogP contribution < -0.4 is 10.1 Å². The average molecular weight is 350 g/mol. The fraction of sp³-hybridized carbons (Fsp3) is 0.200. The van der Waals surface area contributed by atoms with Crippen LogP contribution in [0.1, 0.15) is 12.0 Å². The van der Waals surface area contributed by atoms with Crippen molar-refractivity contribution in [2.75, 3.05) is 19.0 Å². The summed E-state index contributed by atoms with van der Waals surface area (Å²) in [7, 11) is 1.62. The number of methoxy groups -OCH3 is 1. The summed E-state index contributed by atoms with van der Waals surface area (Å²) in [6.45, 7) is 8.63. The normalized spacial score (nSPS) is 16.9. The smallest absolute Gasteiger partial charge is 0.249 e. The fourth-order valence-electron chi connectivity index (χ4n) is 2.82. The number of likely N-dealkylation sites (tertiary alicyclic amines) is 1. The van der Waals surface area contributed by atoms with Gasteiger partial charge in [0.1, 0.15) is 11.8 Å². The molecule has 1 aromatic carbocycles. The number of aromatic nitrogens is 2. The number of benzene rings is 1. The first-order chi connectivity index (χ1) is 12.6. The van der Waals surface area contributed by atoms with Gasteiger partial charge < -0.3 is 15.0 Å². The molecule has 0 aliphatic carbocycles. The van der Waals surface area contributed by atoms with E-state index in [1.807, 2.05) is 30.3 Å². The van der Waals surface area contributed by atoms with Crippen LogP contribution in [-0.4, -0.2) is 40.7 Å². The van der Waals surface area contributed by atoms with Crippen molar-refractivity contribution in [3.05, 3.63) is 73.2 Å². The van der Waals surface area contributed by atoms with Gasteiger partial charge in [-0.2, -0.15) is 5.10 Å². The molecule has 0 bridgehead atoms. The van der Waals surface area contributed by atoms with E-state index in [0.29, 0.717) is 18.7 Å². The number of H-pyrrole nitrogens is 1. The average Bonchev–Trinajstić information content (AvgIpc) is 3.31. The summed E-state index contributed by atoms with van der Waals surface area (Å²) in [4.78, 5) is 14.4. The molecule has 134 valence electrons. The monoisotopic (exact) mass is 350 g/mol. The minimum Gasteiger partial charge on any atom is -0.497 e. The lowest BCUT2D eigenvalue weighted by Gasteiger charge is -2.18. The SMILES string of the molecule is C=C(/C=C\C(=C)N1CCC(Nc2cccc(OC)c2)C1=O)c1cn[nH]c1. The van der Waals surface area contributed by atoms with Crippen LogP contribution in [0, 0.1) is 0 Å². The molecule has 1 saturated heterocycles. The molecule has 1 atom stereocenters. The standard InChI is InChI=1S/C20H22N4O2/c1-14(16-12-21-22-13-16)7-8-15(2)24-10-9-19(20(24)25)23-17-5-4-6-18(11-17)26-3/h4-8,11-13,19,23H,1-2,9-10H2,3H3,(H,21,22)/b8-7-. The topological polar surface area (TPSA) is 70.2 Å². The minimum atomic E-state index is -0.274. The van der Waals surface area contributed by atoms with Gasteiger partial charge in [-0.1, -0.05) is 25.3 Å². The number of anilines is 1. The number of amides is 1. The minimum absolute atomic E-state index is 0.0105. The van der Waals surface area contributed by atoms with Crippen molar-refractivity contribution in [2.45, 2.75) is 12.5 Å². The van der Waals surface area contributed by atoms with Gasteiger partial charge in [0.25, 0.3) is 0 Å². The second-order valence-electron chi connectivity index (χ2n) is 6.04. The van der Waals surface area contributed by atoms with Crippen molar-refractivity contribution in [3.63, 3.8) is 0 Å². The zero-order valence-electron chi connectivity index (χ0n) is 14.7. The summed E-state index contributed by atoms with van der Waals surface area (Å²) in [6, 6.07) is 7.28. The van der Waals surface area contributed by atoms with E-state index in [2.05, 4.69) is 28.7 Å².